The Morgan fingerprint density at radius 2 is 0.729 bits per heavy atom. The van der Waals surface area contributed by atoms with Crippen LogP contribution in [-0.2, 0) is 0 Å². The molecule has 0 radical (unpaired) electrons. The molecule has 9 nitrogen and oxygen atoms in total. The van der Waals surface area contributed by atoms with Gasteiger partial charge in [0.1, 0.15) is 33.5 Å². The fourth-order valence-corrected chi connectivity index (χ4v) is 15.8. The molecule has 0 amide bonds. The van der Waals surface area contributed by atoms with Gasteiger partial charge in [0.25, 0.3) is 0 Å². The summed E-state index contributed by atoms with van der Waals surface area (Å²) in [5.41, 5.74) is 19.1. The van der Waals surface area contributed by atoms with Crippen molar-refractivity contribution in [3.05, 3.63) is 303 Å². The minimum absolute atomic E-state index is 0.582. The molecule has 10 heteroatoms. The Bertz CT molecular complexity index is 6730. The first kappa shape index (κ1) is 53.9. The summed E-state index contributed by atoms with van der Waals surface area (Å²) in [5, 5.41) is 13.6. The van der Waals surface area contributed by atoms with Crippen molar-refractivity contribution in [2.45, 2.75) is 0 Å². The van der Waals surface area contributed by atoms with E-state index in [1.54, 1.807) is 0 Å². The van der Waals surface area contributed by atoms with E-state index in [0.29, 0.717) is 11.9 Å². The van der Waals surface area contributed by atoms with Gasteiger partial charge < -0.3 is 13.3 Å². The van der Waals surface area contributed by atoms with Crippen LogP contribution < -0.4 is 0 Å². The van der Waals surface area contributed by atoms with Gasteiger partial charge in [0, 0.05) is 90.9 Å². The molecule has 0 unspecified atom stereocenters. The average molecular weight is 1250 g/mol. The highest BCUT2D eigenvalue weighted by atomic mass is 32.1. The molecule has 0 N–H and O–H groups in total. The second-order valence-corrected chi connectivity index (χ2v) is 25.4. The molecule has 0 aliphatic heterocycles. The maximum Gasteiger partial charge on any atom is 0.235 e. The largest absolute Gasteiger partial charge is 0.456 e. The maximum absolute atomic E-state index is 6.58. The lowest BCUT2D eigenvalue weighted by molar-refractivity contribution is 0.668. The van der Waals surface area contributed by atoms with Crippen LogP contribution in [0.15, 0.2) is 317 Å². The van der Waals surface area contributed by atoms with E-state index >= 15 is 0 Å². The third-order valence-corrected chi connectivity index (χ3v) is 20.1. The molecule has 21 aromatic rings. The van der Waals surface area contributed by atoms with Crippen molar-refractivity contribution in [1.29, 1.82) is 0 Å². The molecule has 8 aromatic heterocycles. The zero-order valence-electron chi connectivity index (χ0n) is 51.2. The predicted octanol–water partition coefficient (Wildman–Crippen LogP) is 23.5. The lowest BCUT2D eigenvalue weighted by Crippen LogP contribution is -2.04. The first-order valence-corrected chi connectivity index (χ1v) is 32.9. The van der Waals surface area contributed by atoms with Crippen molar-refractivity contribution in [3.63, 3.8) is 0 Å². The molecule has 0 saturated carbocycles. The predicted molar refractivity (Wildman–Crippen MR) is 395 cm³/mol. The van der Waals surface area contributed by atoms with Crippen LogP contribution in [0.25, 0.3) is 198 Å². The van der Waals surface area contributed by atoms with Gasteiger partial charge in [0.15, 0.2) is 0 Å². The number of benzene rings is 13. The summed E-state index contributed by atoms with van der Waals surface area (Å²) in [4.78, 5) is 21.3. The highest BCUT2D eigenvalue weighted by molar-refractivity contribution is 7.26. The van der Waals surface area contributed by atoms with Crippen LogP contribution in [0.1, 0.15) is 0 Å². The van der Waals surface area contributed by atoms with Crippen molar-refractivity contribution < 1.29 is 13.3 Å². The molecule has 96 heavy (non-hydrogen) atoms. The van der Waals surface area contributed by atoms with E-state index in [4.69, 9.17) is 33.2 Å². The van der Waals surface area contributed by atoms with Crippen LogP contribution in [0.2, 0.25) is 0 Å². The second-order valence-electron chi connectivity index (χ2n) is 24.4. The van der Waals surface area contributed by atoms with E-state index in [2.05, 4.69) is 246 Å². The van der Waals surface area contributed by atoms with Gasteiger partial charge >= 0.3 is 0 Å². The number of fused-ring (bicyclic) bond motifs is 20. The maximum atomic E-state index is 6.58. The quantitative estimate of drug-likeness (QED) is 0.157. The highest BCUT2D eigenvalue weighted by Crippen LogP contribution is 2.46. The second kappa shape index (κ2) is 21.4. The number of furan rings is 3. The van der Waals surface area contributed by atoms with Crippen molar-refractivity contribution in [2.24, 2.45) is 0 Å². The van der Waals surface area contributed by atoms with Gasteiger partial charge in [-0.3, -0.25) is 9.13 Å². The summed E-state index contributed by atoms with van der Waals surface area (Å²) in [7, 11) is 0. The summed E-state index contributed by atoms with van der Waals surface area (Å²) >= 11 is 1.85. The van der Waals surface area contributed by atoms with Crippen LogP contribution >= 0.6 is 11.3 Å². The van der Waals surface area contributed by atoms with Crippen molar-refractivity contribution in [1.82, 2.24) is 29.1 Å². The Morgan fingerprint density at radius 3 is 1.46 bits per heavy atom. The van der Waals surface area contributed by atoms with Crippen LogP contribution in [0, 0.1) is 0 Å². The van der Waals surface area contributed by atoms with E-state index in [1.807, 2.05) is 78.1 Å². The lowest BCUT2D eigenvalue weighted by Gasteiger charge is -2.13. The van der Waals surface area contributed by atoms with Crippen LogP contribution in [0.4, 0.5) is 0 Å². The van der Waals surface area contributed by atoms with E-state index in [9.17, 15) is 0 Å². The molecule has 448 valence electrons. The summed E-state index contributed by atoms with van der Waals surface area (Å²) in [5.74, 6) is 1.23. The number of rotatable bonds is 7. The SMILES string of the molecule is c1ccc(-c2cc(-c3ccc4oc5ccccc5c4c3)nc(-n3c4ccccc4c4c5sc6ccccc6c5ccc43)n2)cc1.c1ccc(-c2cccc(-c3cc(-c4cccc5oc6ccccc6c45)nc(-n4c5ccccc5c5c6oc7ccccc7c6ccc54)n3)c2)cc1. The van der Waals surface area contributed by atoms with Gasteiger partial charge in [-0.1, -0.05) is 206 Å². The van der Waals surface area contributed by atoms with Gasteiger partial charge in [-0.05, 0) is 108 Å². The van der Waals surface area contributed by atoms with Crippen LogP contribution in [-0.4, -0.2) is 29.1 Å². The van der Waals surface area contributed by atoms with Gasteiger partial charge in [0.2, 0.25) is 11.9 Å². The standard InChI is InChI=1S/C46H27N3O2.C40H23N3OS/c1-2-12-28(13-3-1)29-14-10-15-30(26-29)36-27-37(33-19-11-23-42-43(33)35-18-6-9-22-41(35)50-42)48-46(47-36)49-38-20-7-4-17-34(38)44-39(49)25-24-32-31-16-5-8-21-40(31)51-45(32)44;1-2-10-24(11-3-1)31-23-32(25-18-21-36-30(22-25)26-12-5-8-16-35(26)44-36)42-40(41-31)43-33-15-7-4-14-29(33)38-34(43)20-19-28-27-13-6-9-17-37(27)45-39(28)38/h1-27H;1-23H. The Morgan fingerprint density at radius 1 is 0.250 bits per heavy atom. The van der Waals surface area contributed by atoms with Gasteiger partial charge in [-0.15, -0.1) is 11.3 Å². The van der Waals surface area contributed by atoms with Crippen LogP contribution in [0.5, 0.6) is 0 Å². The van der Waals surface area contributed by atoms with Gasteiger partial charge in [0.05, 0.1) is 50.2 Å². The molecule has 13 aromatic carbocycles. The van der Waals surface area contributed by atoms with Crippen molar-refractivity contribution in [3.8, 4) is 68.1 Å². The van der Waals surface area contributed by atoms with E-state index in [1.165, 1.54) is 30.9 Å². The molecule has 0 fully saturated rings. The molecule has 0 atom stereocenters. The summed E-state index contributed by atoms with van der Waals surface area (Å²) < 4.78 is 26.0. The molecule has 21 rings (SSSR count). The molecule has 0 spiro atoms. The molecule has 0 aliphatic rings. The Hall–Kier alpha value is -12.8. The van der Waals surface area contributed by atoms with Crippen molar-refractivity contribution >= 4 is 141 Å². The molecule has 0 bridgehead atoms. The van der Waals surface area contributed by atoms with E-state index < -0.39 is 0 Å². The third kappa shape index (κ3) is 8.49. The highest BCUT2D eigenvalue weighted by Gasteiger charge is 2.25. The van der Waals surface area contributed by atoms with Crippen LogP contribution in [0.3, 0.4) is 0 Å². The summed E-state index contributed by atoms with van der Waals surface area (Å²) in [6.07, 6.45) is 0. The minimum Gasteiger partial charge on any atom is -0.456 e. The topological polar surface area (TPSA) is 101 Å². The zero-order valence-corrected chi connectivity index (χ0v) is 52.0. The molecule has 0 aliphatic carbocycles. The number of thiophene rings is 1. The normalized spacial score (nSPS) is 12.0. The number of hydrogen-bond acceptors (Lipinski definition) is 8. The third-order valence-electron chi connectivity index (χ3n) is 18.9. The minimum atomic E-state index is 0.582. The first-order valence-electron chi connectivity index (χ1n) is 32.1. The Kier molecular flexibility index (Phi) is 12.0. The summed E-state index contributed by atoms with van der Waals surface area (Å²) in [6.45, 7) is 0. The summed E-state index contributed by atoms with van der Waals surface area (Å²) in [6, 6.07) is 105. The van der Waals surface area contributed by atoms with Gasteiger partial charge in [-0.25, -0.2) is 19.9 Å². The number of para-hydroxylation sites is 5. The smallest absolute Gasteiger partial charge is 0.235 e. The molecule has 0 saturated heterocycles. The number of nitrogens with zero attached hydrogens (tertiary/aromatic N) is 6. The van der Waals surface area contributed by atoms with E-state index in [0.717, 1.165) is 155 Å². The molecular formula is C86H50N6O3S. The van der Waals surface area contributed by atoms with E-state index in [-0.39, 0.29) is 0 Å². The van der Waals surface area contributed by atoms with Gasteiger partial charge in [-0.2, -0.15) is 0 Å². The molecular weight excluding hydrogens is 1200 g/mol. The molecule has 8 heterocycles. The lowest BCUT2D eigenvalue weighted by atomic mass is 9.99. The Labute approximate surface area is 551 Å². The number of hydrogen-bond donors (Lipinski definition) is 0. The average Bonchev–Trinajstić information content (AvgIpc) is 1.56. The number of aromatic nitrogens is 6. The zero-order chi connectivity index (χ0) is 63.0. The Balaban J connectivity index is 0.000000132. The monoisotopic (exact) mass is 1250 g/mol. The first-order chi connectivity index (χ1) is 47.6. The fraction of sp³-hybridized carbons (Fsp3) is 0. The fourth-order valence-electron chi connectivity index (χ4n) is 14.5. The van der Waals surface area contributed by atoms with Crippen molar-refractivity contribution in [2.75, 3.05) is 0 Å².